The van der Waals surface area contributed by atoms with Crippen molar-refractivity contribution >= 4 is 21.9 Å². The summed E-state index contributed by atoms with van der Waals surface area (Å²) in [6.45, 7) is 5.12. The van der Waals surface area contributed by atoms with Gasteiger partial charge in [0.2, 0.25) is 0 Å². The number of carbonyl (C=O) groups excluding carboxylic acids is 1. The molecule has 0 aliphatic rings. The quantitative estimate of drug-likeness (QED) is 0.100. The van der Waals surface area contributed by atoms with Gasteiger partial charge >= 0.3 is 5.97 Å². The molecule has 0 amide bonds. The molecule has 0 radical (unpaired) electrons. The number of rotatable bonds is 21. The van der Waals surface area contributed by atoms with E-state index in [1.165, 1.54) is 96.3 Å². The molecule has 0 bridgehead atoms. The number of halogens is 1. The second-order valence-electron chi connectivity index (χ2n) is 8.08. The summed E-state index contributed by atoms with van der Waals surface area (Å²) in [5.41, 5.74) is 0. The number of unbranched alkanes of at least 4 members (excludes halogenated alkanes) is 13. The molecule has 0 aromatic rings. The Morgan fingerprint density at radius 2 is 1.11 bits per heavy atom. The van der Waals surface area contributed by atoms with Crippen LogP contribution >= 0.6 is 15.9 Å². The van der Waals surface area contributed by atoms with E-state index in [0.29, 0.717) is 6.61 Å². The van der Waals surface area contributed by atoms with Crippen LogP contribution in [0.4, 0.5) is 0 Å². The third kappa shape index (κ3) is 19.1. The predicted octanol–water partition coefficient (Wildman–Crippen LogP) is 8.60. The third-order valence-corrected chi connectivity index (χ3v) is 5.98. The first-order chi connectivity index (χ1) is 13.3. The zero-order valence-corrected chi connectivity index (χ0v) is 20.0. The first-order valence-corrected chi connectivity index (χ1v) is 13.1. The number of carbonyl (C=O) groups is 1. The molecule has 0 N–H and O–H groups in total. The highest BCUT2D eigenvalue weighted by Gasteiger charge is 2.19. The lowest BCUT2D eigenvalue weighted by Gasteiger charge is -2.16. The van der Waals surface area contributed by atoms with Crippen LogP contribution < -0.4 is 0 Å². The molecule has 1 atom stereocenters. The number of esters is 1. The maximum Gasteiger partial charge on any atom is 0.308 e. The Bertz CT molecular complexity index is 307. The lowest BCUT2D eigenvalue weighted by molar-refractivity contribution is -0.149. The van der Waals surface area contributed by atoms with Gasteiger partial charge in [-0.1, -0.05) is 120 Å². The molecule has 27 heavy (non-hydrogen) atoms. The molecule has 0 heterocycles. The van der Waals surface area contributed by atoms with E-state index in [0.717, 1.165) is 24.6 Å². The van der Waals surface area contributed by atoms with E-state index < -0.39 is 0 Å². The Balaban J connectivity index is 3.93. The van der Waals surface area contributed by atoms with Crippen LogP contribution in [0.25, 0.3) is 0 Å². The summed E-state index contributed by atoms with van der Waals surface area (Å²) in [5.74, 6) is 0.228. The second kappa shape index (κ2) is 22.2. The van der Waals surface area contributed by atoms with Crippen molar-refractivity contribution in [2.75, 3.05) is 11.9 Å². The van der Waals surface area contributed by atoms with Gasteiger partial charge in [0.05, 0.1) is 12.5 Å². The van der Waals surface area contributed by atoms with Crippen molar-refractivity contribution in [2.24, 2.45) is 5.92 Å². The van der Waals surface area contributed by atoms with Gasteiger partial charge in [0.1, 0.15) is 0 Å². The summed E-state index contributed by atoms with van der Waals surface area (Å²) in [6, 6.07) is 0. The summed E-state index contributed by atoms with van der Waals surface area (Å²) in [6.07, 6.45) is 22.2. The van der Waals surface area contributed by atoms with Crippen molar-refractivity contribution in [3.63, 3.8) is 0 Å². The minimum absolute atomic E-state index is 0.0827. The molecule has 2 nitrogen and oxygen atoms in total. The van der Waals surface area contributed by atoms with Gasteiger partial charge in [-0.25, -0.2) is 0 Å². The Labute approximate surface area is 178 Å². The largest absolute Gasteiger partial charge is 0.465 e. The van der Waals surface area contributed by atoms with Crippen molar-refractivity contribution in [3.8, 4) is 0 Å². The lowest BCUT2D eigenvalue weighted by atomic mass is 9.94. The van der Waals surface area contributed by atoms with E-state index in [4.69, 9.17) is 4.74 Å². The fourth-order valence-corrected chi connectivity index (χ4v) is 3.96. The molecule has 0 aliphatic heterocycles. The molecule has 0 spiro atoms. The van der Waals surface area contributed by atoms with E-state index in [1.54, 1.807) is 0 Å². The topological polar surface area (TPSA) is 26.3 Å². The minimum Gasteiger partial charge on any atom is -0.465 e. The summed E-state index contributed by atoms with van der Waals surface area (Å²) >= 11 is 3.48. The van der Waals surface area contributed by atoms with Gasteiger partial charge in [-0.15, -0.1) is 0 Å². The fourth-order valence-electron chi connectivity index (χ4n) is 3.56. The Morgan fingerprint density at radius 1 is 0.667 bits per heavy atom. The third-order valence-electron chi connectivity index (χ3n) is 5.42. The summed E-state index contributed by atoms with van der Waals surface area (Å²) in [4.78, 5) is 12.5. The standard InChI is InChI=1S/C24H47BrO2/c1-3-5-7-9-12-16-20-23(19-15-8-6-4-2)24(26)27-22-18-14-11-10-13-17-21-25/h23H,3-22H2,1-2H3. The first-order valence-electron chi connectivity index (χ1n) is 12.0. The smallest absolute Gasteiger partial charge is 0.308 e. The molecule has 0 aromatic carbocycles. The first kappa shape index (κ1) is 27.0. The molecule has 3 heteroatoms. The van der Waals surface area contributed by atoms with Crippen molar-refractivity contribution in [1.29, 1.82) is 0 Å². The van der Waals surface area contributed by atoms with E-state index >= 15 is 0 Å². The number of hydrogen-bond donors (Lipinski definition) is 0. The monoisotopic (exact) mass is 446 g/mol. The van der Waals surface area contributed by atoms with Crippen molar-refractivity contribution < 1.29 is 9.53 Å². The van der Waals surface area contributed by atoms with Gasteiger partial charge < -0.3 is 4.74 Å². The highest BCUT2D eigenvalue weighted by molar-refractivity contribution is 9.09. The van der Waals surface area contributed by atoms with Crippen LogP contribution in [0.3, 0.4) is 0 Å². The zero-order chi connectivity index (χ0) is 20.0. The van der Waals surface area contributed by atoms with Gasteiger partial charge in [-0.05, 0) is 25.7 Å². The average molecular weight is 448 g/mol. The van der Waals surface area contributed by atoms with E-state index in [1.807, 2.05) is 0 Å². The van der Waals surface area contributed by atoms with Crippen molar-refractivity contribution in [3.05, 3.63) is 0 Å². The van der Waals surface area contributed by atoms with Crippen LogP contribution in [0.5, 0.6) is 0 Å². The highest BCUT2D eigenvalue weighted by atomic mass is 79.9. The molecule has 0 saturated carbocycles. The molecule has 162 valence electrons. The van der Waals surface area contributed by atoms with Gasteiger partial charge in [0.15, 0.2) is 0 Å². The molecule has 0 fully saturated rings. The maximum absolute atomic E-state index is 12.5. The lowest BCUT2D eigenvalue weighted by Crippen LogP contribution is -2.18. The van der Waals surface area contributed by atoms with Crippen LogP contribution in [0.1, 0.15) is 129 Å². The normalized spacial score (nSPS) is 12.3. The van der Waals surface area contributed by atoms with Gasteiger partial charge in [-0.3, -0.25) is 4.79 Å². The van der Waals surface area contributed by atoms with Crippen LogP contribution in [-0.4, -0.2) is 17.9 Å². The second-order valence-corrected chi connectivity index (χ2v) is 8.87. The Hall–Kier alpha value is -0.0500. The van der Waals surface area contributed by atoms with E-state index in [2.05, 4.69) is 29.8 Å². The molecule has 0 saturated heterocycles. The van der Waals surface area contributed by atoms with Crippen molar-refractivity contribution in [2.45, 2.75) is 129 Å². The molecule has 1 unspecified atom stereocenters. The van der Waals surface area contributed by atoms with Crippen LogP contribution in [0.2, 0.25) is 0 Å². The van der Waals surface area contributed by atoms with Crippen LogP contribution in [-0.2, 0) is 9.53 Å². The van der Waals surface area contributed by atoms with Gasteiger partial charge in [0, 0.05) is 5.33 Å². The fraction of sp³-hybridized carbons (Fsp3) is 0.958. The summed E-state index contributed by atoms with van der Waals surface area (Å²) in [5, 5.41) is 1.11. The SMILES string of the molecule is CCCCCCCCC(CCCCCC)C(=O)OCCCCCCCCBr. The van der Waals surface area contributed by atoms with Crippen LogP contribution in [0.15, 0.2) is 0 Å². The number of alkyl halides is 1. The predicted molar refractivity (Wildman–Crippen MR) is 123 cm³/mol. The van der Waals surface area contributed by atoms with Crippen molar-refractivity contribution in [1.82, 2.24) is 0 Å². The number of ether oxygens (including phenoxy) is 1. The molecule has 0 rings (SSSR count). The zero-order valence-electron chi connectivity index (χ0n) is 18.4. The minimum atomic E-state index is 0.0827. The summed E-state index contributed by atoms with van der Waals surface area (Å²) in [7, 11) is 0. The summed E-state index contributed by atoms with van der Waals surface area (Å²) < 4.78 is 5.64. The highest BCUT2D eigenvalue weighted by Crippen LogP contribution is 2.20. The Kier molecular flexibility index (Phi) is 22.2. The van der Waals surface area contributed by atoms with Gasteiger partial charge in [0.25, 0.3) is 0 Å². The molecular formula is C24H47BrO2. The van der Waals surface area contributed by atoms with E-state index in [-0.39, 0.29) is 11.9 Å². The molecule has 0 aliphatic carbocycles. The van der Waals surface area contributed by atoms with Crippen LogP contribution in [0, 0.1) is 5.92 Å². The Morgan fingerprint density at radius 3 is 1.67 bits per heavy atom. The maximum atomic E-state index is 12.5. The molecule has 0 aromatic heterocycles. The van der Waals surface area contributed by atoms with Gasteiger partial charge in [-0.2, -0.15) is 0 Å². The number of hydrogen-bond acceptors (Lipinski definition) is 2. The molecular weight excluding hydrogens is 400 g/mol. The average Bonchev–Trinajstić information content (AvgIpc) is 2.68. The van der Waals surface area contributed by atoms with E-state index in [9.17, 15) is 4.79 Å².